The quantitative estimate of drug-likeness (QED) is 0.663. The number of carbonyl (C=O) groups is 2. The predicted molar refractivity (Wildman–Crippen MR) is 110 cm³/mol. The Bertz CT molecular complexity index is 1040. The third-order valence-electron chi connectivity index (χ3n) is 5.64. The normalized spacial score (nSPS) is 16.0. The Kier molecular flexibility index (Phi) is 5.36. The second-order valence-electron chi connectivity index (χ2n) is 7.57. The molecule has 0 saturated carbocycles. The van der Waals surface area contributed by atoms with Crippen LogP contribution in [0.4, 0.5) is 0 Å². The summed E-state index contributed by atoms with van der Waals surface area (Å²) in [7, 11) is 0. The minimum absolute atomic E-state index is 0.196. The van der Waals surface area contributed by atoms with Gasteiger partial charge in [-0.15, -0.1) is 0 Å². The highest BCUT2D eigenvalue weighted by molar-refractivity contribution is 5.96. The summed E-state index contributed by atoms with van der Waals surface area (Å²) in [6.07, 6.45) is 5.00. The largest absolute Gasteiger partial charge is 0.480 e. The van der Waals surface area contributed by atoms with Crippen molar-refractivity contribution in [3.05, 3.63) is 71.4 Å². The molecule has 2 aromatic carbocycles. The summed E-state index contributed by atoms with van der Waals surface area (Å²) in [5.74, 6) is -1.86. The van der Waals surface area contributed by atoms with E-state index in [0.717, 1.165) is 54.4 Å². The van der Waals surface area contributed by atoms with Crippen molar-refractivity contribution >= 4 is 22.8 Å². The van der Waals surface area contributed by atoms with Gasteiger partial charge in [0, 0.05) is 29.2 Å². The zero-order valence-corrected chi connectivity index (χ0v) is 16.1. The number of hydrogen-bond donors (Lipinski definition) is 2. The van der Waals surface area contributed by atoms with Gasteiger partial charge in [0.2, 0.25) is 0 Å². The average molecular weight is 392 g/mol. The van der Waals surface area contributed by atoms with Gasteiger partial charge >= 0.3 is 11.9 Å². The van der Waals surface area contributed by atoms with Crippen molar-refractivity contribution in [2.75, 3.05) is 13.1 Å². The molecule has 2 heterocycles. The number of nitrogens with zero attached hydrogens (tertiary/aromatic N) is 2. The number of aromatic nitrogens is 1. The lowest BCUT2D eigenvalue weighted by molar-refractivity contribution is -0.144. The van der Waals surface area contributed by atoms with Gasteiger partial charge in [-0.05, 0) is 43.6 Å². The SMILES string of the molecule is O=C(O)c1ccc2c([C@H](C(=O)O)N3CCCCC3)cn(Cc3ccccc3)c2c1. The van der Waals surface area contributed by atoms with Gasteiger partial charge in [0.25, 0.3) is 0 Å². The van der Waals surface area contributed by atoms with E-state index in [4.69, 9.17) is 0 Å². The van der Waals surface area contributed by atoms with Crippen LogP contribution < -0.4 is 0 Å². The topological polar surface area (TPSA) is 82.8 Å². The molecule has 0 bridgehead atoms. The highest BCUT2D eigenvalue weighted by atomic mass is 16.4. The lowest BCUT2D eigenvalue weighted by Crippen LogP contribution is -2.37. The summed E-state index contributed by atoms with van der Waals surface area (Å²) in [6.45, 7) is 2.07. The first-order valence-electron chi connectivity index (χ1n) is 9.91. The van der Waals surface area contributed by atoms with Crippen LogP contribution >= 0.6 is 0 Å². The number of fused-ring (bicyclic) bond motifs is 1. The Hall–Kier alpha value is -3.12. The van der Waals surface area contributed by atoms with Gasteiger partial charge in [-0.2, -0.15) is 0 Å². The van der Waals surface area contributed by atoms with E-state index in [9.17, 15) is 19.8 Å². The molecular formula is C23H24N2O4. The standard InChI is InChI=1S/C23H24N2O4/c26-22(27)17-9-10-18-19(21(23(28)29)24-11-5-2-6-12-24)15-25(20(18)13-17)14-16-7-3-1-4-8-16/h1,3-4,7-10,13,15,21H,2,5-6,11-12,14H2,(H,26,27)(H,28,29)/t21-/m1/s1. The number of carboxylic acids is 2. The first-order chi connectivity index (χ1) is 14.0. The van der Waals surface area contributed by atoms with Crippen LogP contribution in [0, 0.1) is 0 Å². The molecule has 150 valence electrons. The molecule has 29 heavy (non-hydrogen) atoms. The third kappa shape index (κ3) is 3.89. The Balaban J connectivity index is 1.84. The van der Waals surface area contributed by atoms with Gasteiger partial charge in [-0.1, -0.05) is 42.8 Å². The molecule has 0 radical (unpaired) electrons. The zero-order valence-electron chi connectivity index (χ0n) is 16.1. The maximum absolute atomic E-state index is 12.2. The van der Waals surface area contributed by atoms with E-state index in [1.165, 1.54) is 0 Å². The number of hydrogen-bond acceptors (Lipinski definition) is 3. The Morgan fingerprint density at radius 2 is 1.69 bits per heavy atom. The van der Waals surface area contributed by atoms with Gasteiger partial charge in [0.15, 0.2) is 0 Å². The molecule has 4 rings (SSSR count). The second kappa shape index (κ2) is 8.09. The molecule has 1 fully saturated rings. The third-order valence-corrected chi connectivity index (χ3v) is 5.64. The minimum atomic E-state index is -0.994. The molecule has 3 aromatic rings. The number of rotatable bonds is 6. The molecular weight excluding hydrogens is 368 g/mol. The van der Waals surface area contributed by atoms with E-state index in [2.05, 4.69) is 0 Å². The van der Waals surface area contributed by atoms with E-state index >= 15 is 0 Å². The van der Waals surface area contributed by atoms with Crippen LogP contribution in [0.1, 0.15) is 46.8 Å². The van der Waals surface area contributed by atoms with Crippen LogP contribution in [0.3, 0.4) is 0 Å². The molecule has 0 amide bonds. The smallest absolute Gasteiger partial charge is 0.335 e. The fraction of sp³-hybridized carbons (Fsp3) is 0.304. The van der Waals surface area contributed by atoms with Crippen molar-refractivity contribution in [2.45, 2.75) is 31.8 Å². The minimum Gasteiger partial charge on any atom is -0.480 e. The van der Waals surface area contributed by atoms with Gasteiger partial charge in [-0.25, -0.2) is 4.79 Å². The summed E-state index contributed by atoms with van der Waals surface area (Å²) >= 11 is 0. The molecule has 6 nitrogen and oxygen atoms in total. The molecule has 0 unspecified atom stereocenters. The Labute approximate surface area is 169 Å². The molecule has 1 aromatic heterocycles. The Morgan fingerprint density at radius 1 is 0.966 bits per heavy atom. The van der Waals surface area contributed by atoms with Crippen molar-refractivity contribution in [3.63, 3.8) is 0 Å². The van der Waals surface area contributed by atoms with E-state index in [1.807, 2.05) is 46.0 Å². The number of aliphatic carboxylic acids is 1. The van der Waals surface area contributed by atoms with Crippen LogP contribution in [0.25, 0.3) is 10.9 Å². The van der Waals surface area contributed by atoms with E-state index < -0.39 is 18.0 Å². The number of benzene rings is 2. The van der Waals surface area contributed by atoms with Gasteiger partial charge in [0.05, 0.1) is 5.56 Å². The first-order valence-corrected chi connectivity index (χ1v) is 9.91. The summed E-state index contributed by atoms with van der Waals surface area (Å²) < 4.78 is 1.96. The van der Waals surface area contributed by atoms with Crippen molar-refractivity contribution in [2.24, 2.45) is 0 Å². The van der Waals surface area contributed by atoms with Crippen molar-refractivity contribution in [3.8, 4) is 0 Å². The Morgan fingerprint density at radius 3 is 2.34 bits per heavy atom. The zero-order chi connectivity index (χ0) is 20.4. The van der Waals surface area contributed by atoms with Crippen molar-refractivity contribution in [1.82, 2.24) is 9.47 Å². The second-order valence-corrected chi connectivity index (χ2v) is 7.57. The lowest BCUT2D eigenvalue weighted by Gasteiger charge is -2.31. The fourth-order valence-corrected chi connectivity index (χ4v) is 4.24. The molecule has 6 heteroatoms. The number of aromatic carboxylic acids is 1. The number of piperidine rings is 1. The summed E-state index contributed by atoms with van der Waals surface area (Å²) in [6, 6.07) is 14.1. The maximum Gasteiger partial charge on any atom is 0.335 e. The van der Waals surface area contributed by atoms with Crippen molar-refractivity contribution < 1.29 is 19.8 Å². The molecule has 1 aliphatic rings. The van der Waals surface area contributed by atoms with Gasteiger partial charge < -0.3 is 14.8 Å². The fourth-order valence-electron chi connectivity index (χ4n) is 4.24. The number of carboxylic acid groups (broad SMARTS) is 2. The molecule has 1 aliphatic heterocycles. The first kappa shape index (κ1) is 19.2. The molecule has 2 N–H and O–H groups in total. The lowest BCUT2D eigenvalue weighted by atomic mass is 10.0. The molecule has 1 saturated heterocycles. The highest BCUT2D eigenvalue weighted by Crippen LogP contribution is 2.33. The molecule has 0 aliphatic carbocycles. The van der Waals surface area contributed by atoms with Crippen LogP contribution in [0.2, 0.25) is 0 Å². The summed E-state index contributed by atoms with van der Waals surface area (Å²) in [5.41, 5.74) is 2.73. The van der Waals surface area contributed by atoms with E-state index in [0.29, 0.717) is 6.54 Å². The van der Waals surface area contributed by atoms with Crippen LogP contribution in [-0.2, 0) is 11.3 Å². The van der Waals surface area contributed by atoms with Gasteiger partial charge in [0.1, 0.15) is 6.04 Å². The molecule has 1 atom stereocenters. The summed E-state index contributed by atoms with van der Waals surface area (Å²) in [4.78, 5) is 25.8. The van der Waals surface area contributed by atoms with Crippen LogP contribution in [0.5, 0.6) is 0 Å². The molecule has 0 spiro atoms. The summed E-state index contributed by atoms with van der Waals surface area (Å²) in [5, 5.41) is 20.3. The van der Waals surface area contributed by atoms with Crippen molar-refractivity contribution in [1.29, 1.82) is 0 Å². The van der Waals surface area contributed by atoms with Gasteiger partial charge in [-0.3, -0.25) is 9.69 Å². The average Bonchev–Trinajstić information content (AvgIpc) is 3.07. The maximum atomic E-state index is 12.2. The monoisotopic (exact) mass is 392 g/mol. The predicted octanol–water partition coefficient (Wildman–Crippen LogP) is 4.00. The van der Waals surface area contributed by atoms with E-state index in [-0.39, 0.29) is 5.56 Å². The highest BCUT2D eigenvalue weighted by Gasteiger charge is 2.31. The van der Waals surface area contributed by atoms with Crippen LogP contribution in [-0.4, -0.2) is 44.7 Å². The number of likely N-dealkylation sites (tertiary alicyclic amines) is 1. The van der Waals surface area contributed by atoms with Crippen LogP contribution in [0.15, 0.2) is 54.7 Å². The van der Waals surface area contributed by atoms with E-state index in [1.54, 1.807) is 18.2 Å².